The van der Waals surface area contributed by atoms with E-state index in [1.807, 2.05) is 6.92 Å². The Bertz CT molecular complexity index is 712. The molecule has 0 aliphatic heterocycles. The van der Waals surface area contributed by atoms with Gasteiger partial charge in [-0.25, -0.2) is 18.1 Å². The summed E-state index contributed by atoms with van der Waals surface area (Å²) in [6.45, 7) is 6.42. The number of hydrogen-bond donors (Lipinski definition) is 2. The van der Waals surface area contributed by atoms with E-state index in [1.54, 1.807) is 13.8 Å². The molecule has 0 aliphatic carbocycles. The van der Waals surface area contributed by atoms with Crippen molar-refractivity contribution < 1.29 is 12.8 Å². The monoisotopic (exact) mass is 311 g/mol. The van der Waals surface area contributed by atoms with E-state index in [0.717, 1.165) is 6.54 Å². The van der Waals surface area contributed by atoms with Crippen molar-refractivity contribution in [2.45, 2.75) is 32.2 Å². The highest BCUT2D eigenvalue weighted by atomic mass is 32.2. The molecule has 0 aliphatic rings. The predicted octanol–water partition coefficient (Wildman–Crippen LogP) is 0.992. The molecule has 9 heteroatoms. The Morgan fingerprint density at radius 1 is 1.24 bits per heavy atom. The van der Waals surface area contributed by atoms with Gasteiger partial charge in [0, 0.05) is 12.1 Å². The minimum absolute atomic E-state index is 0.0786. The second-order valence-electron chi connectivity index (χ2n) is 4.37. The molecule has 0 unspecified atom stereocenters. The molecule has 2 rings (SSSR count). The van der Waals surface area contributed by atoms with Gasteiger partial charge >= 0.3 is 0 Å². The van der Waals surface area contributed by atoms with E-state index in [4.69, 9.17) is 4.42 Å². The zero-order valence-corrected chi connectivity index (χ0v) is 12.9. The summed E-state index contributed by atoms with van der Waals surface area (Å²) < 4.78 is 32.8. The van der Waals surface area contributed by atoms with E-state index in [2.05, 4.69) is 25.2 Å². The summed E-state index contributed by atoms with van der Waals surface area (Å²) in [6, 6.07) is 0. The van der Waals surface area contributed by atoms with Gasteiger partial charge in [0.2, 0.25) is 0 Å². The van der Waals surface area contributed by atoms with Crippen LogP contribution in [0, 0.1) is 13.8 Å². The van der Waals surface area contributed by atoms with Crippen LogP contribution in [0.3, 0.4) is 0 Å². The molecule has 0 fully saturated rings. The lowest BCUT2D eigenvalue weighted by atomic mass is 10.2. The number of aromatic nitrogens is 3. The second-order valence-corrected chi connectivity index (χ2v) is 5.99. The Kier molecular flexibility index (Phi) is 4.53. The SMILES string of the molecule is CCNCc1c(C)oc(C)c1S(=O)(=O)Nc1nccnn1. The molecule has 2 heterocycles. The van der Waals surface area contributed by atoms with Gasteiger partial charge in [-0.1, -0.05) is 6.92 Å². The molecule has 0 spiro atoms. The molecule has 2 aromatic rings. The Morgan fingerprint density at radius 2 is 2.00 bits per heavy atom. The van der Waals surface area contributed by atoms with Crippen LogP contribution in [0.1, 0.15) is 24.0 Å². The fraction of sp³-hybridized carbons (Fsp3) is 0.417. The highest BCUT2D eigenvalue weighted by molar-refractivity contribution is 7.92. The summed E-state index contributed by atoms with van der Waals surface area (Å²) in [4.78, 5) is 3.93. The van der Waals surface area contributed by atoms with Gasteiger partial charge in [-0.3, -0.25) is 0 Å². The van der Waals surface area contributed by atoms with Crippen LogP contribution in [-0.2, 0) is 16.6 Å². The third-order valence-corrected chi connectivity index (χ3v) is 4.38. The molecule has 21 heavy (non-hydrogen) atoms. The Balaban J connectivity index is 2.40. The first-order valence-electron chi connectivity index (χ1n) is 6.41. The van der Waals surface area contributed by atoms with Crippen LogP contribution in [0.2, 0.25) is 0 Å². The van der Waals surface area contributed by atoms with Gasteiger partial charge in [0.25, 0.3) is 16.0 Å². The molecule has 8 nitrogen and oxygen atoms in total. The molecule has 0 aromatic carbocycles. The number of sulfonamides is 1. The number of nitrogens with one attached hydrogen (secondary N) is 2. The van der Waals surface area contributed by atoms with Crippen molar-refractivity contribution in [1.82, 2.24) is 20.5 Å². The maximum Gasteiger partial charge on any atom is 0.268 e. The normalized spacial score (nSPS) is 11.6. The summed E-state index contributed by atoms with van der Waals surface area (Å²) in [7, 11) is -3.83. The van der Waals surface area contributed by atoms with E-state index < -0.39 is 10.0 Å². The van der Waals surface area contributed by atoms with Gasteiger partial charge in [-0.05, 0) is 20.4 Å². The van der Waals surface area contributed by atoms with Crippen molar-refractivity contribution in [2.75, 3.05) is 11.3 Å². The smallest absolute Gasteiger partial charge is 0.268 e. The number of rotatable bonds is 6. The summed E-state index contributed by atoms with van der Waals surface area (Å²) >= 11 is 0. The van der Waals surface area contributed by atoms with Crippen LogP contribution in [0.5, 0.6) is 0 Å². The second kappa shape index (κ2) is 6.19. The minimum Gasteiger partial charge on any atom is -0.465 e. The number of hydrogen-bond acceptors (Lipinski definition) is 7. The number of aryl methyl sites for hydroxylation is 2. The third kappa shape index (κ3) is 3.37. The molecule has 0 atom stereocenters. The molecular weight excluding hydrogens is 294 g/mol. The van der Waals surface area contributed by atoms with Crippen molar-refractivity contribution >= 4 is 16.0 Å². The van der Waals surface area contributed by atoms with E-state index in [9.17, 15) is 8.42 Å². The van der Waals surface area contributed by atoms with Crippen LogP contribution in [0.25, 0.3) is 0 Å². The summed E-state index contributed by atoms with van der Waals surface area (Å²) in [6.07, 6.45) is 2.72. The first kappa shape index (κ1) is 15.4. The summed E-state index contributed by atoms with van der Waals surface area (Å²) in [5, 5.41) is 10.3. The van der Waals surface area contributed by atoms with Crippen LogP contribution < -0.4 is 10.0 Å². The molecule has 114 valence electrons. The van der Waals surface area contributed by atoms with Crippen molar-refractivity contribution in [3.05, 3.63) is 29.5 Å². The largest absolute Gasteiger partial charge is 0.465 e. The molecule has 0 saturated heterocycles. The molecule has 2 aromatic heterocycles. The molecule has 0 saturated carbocycles. The van der Waals surface area contributed by atoms with E-state index >= 15 is 0 Å². The Hall–Kier alpha value is -2.00. The van der Waals surface area contributed by atoms with Crippen molar-refractivity contribution in [3.8, 4) is 0 Å². The summed E-state index contributed by atoms with van der Waals surface area (Å²) in [5.74, 6) is 0.822. The highest BCUT2D eigenvalue weighted by Crippen LogP contribution is 2.27. The van der Waals surface area contributed by atoms with Gasteiger partial charge in [-0.2, -0.15) is 5.10 Å². The zero-order valence-electron chi connectivity index (χ0n) is 12.0. The lowest BCUT2D eigenvalue weighted by molar-refractivity contribution is 0.493. The maximum atomic E-state index is 12.5. The van der Waals surface area contributed by atoms with E-state index in [-0.39, 0.29) is 10.8 Å². The summed E-state index contributed by atoms with van der Waals surface area (Å²) in [5.41, 5.74) is 0.603. The quantitative estimate of drug-likeness (QED) is 0.818. The van der Waals surface area contributed by atoms with Gasteiger partial charge < -0.3 is 9.73 Å². The Morgan fingerprint density at radius 3 is 2.62 bits per heavy atom. The number of furan rings is 1. The van der Waals surface area contributed by atoms with Crippen LogP contribution in [-0.4, -0.2) is 30.1 Å². The highest BCUT2D eigenvalue weighted by Gasteiger charge is 2.27. The van der Waals surface area contributed by atoms with Crippen LogP contribution in [0.15, 0.2) is 21.7 Å². The fourth-order valence-corrected chi connectivity index (χ4v) is 3.38. The molecular formula is C12H17N5O3S. The lowest BCUT2D eigenvalue weighted by Crippen LogP contribution is -2.20. The standard InChI is InChI=1S/C12H17N5O3S/c1-4-13-7-10-8(2)20-9(3)11(10)21(18,19)17-12-14-5-6-15-16-12/h5-6,13H,4,7H2,1-3H3,(H,14,16,17). The average molecular weight is 311 g/mol. The van der Waals surface area contributed by atoms with Crippen molar-refractivity contribution in [1.29, 1.82) is 0 Å². The van der Waals surface area contributed by atoms with Gasteiger partial charge in [0.1, 0.15) is 16.4 Å². The lowest BCUT2D eigenvalue weighted by Gasteiger charge is -2.08. The number of nitrogens with zero attached hydrogens (tertiary/aromatic N) is 3. The fourth-order valence-electron chi connectivity index (χ4n) is 1.98. The maximum absolute atomic E-state index is 12.5. The van der Waals surface area contributed by atoms with Gasteiger partial charge in [-0.15, -0.1) is 5.10 Å². The number of anilines is 1. The van der Waals surface area contributed by atoms with E-state index in [1.165, 1.54) is 12.4 Å². The van der Waals surface area contributed by atoms with Crippen LogP contribution in [0.4, 0.5) is 5.95 Å². The van der Waals surface area contributed by atoms with Crippen molar-refractivity contribution in [2.24, 2.45) is 0 Å². The molecule has 0 amide bonds. The topological polar surface area (TPSA) is 110 Å². The first-order chi connectivity index (χ1) is 9.95. The first-order valence-corrected chi connectivity index (χ1v) is 7.90. The van der Waals surface area contributed by atoms with E-state index in [0.29, 0.717) is 23.6 Å². The molecule has 0 bridgehead atoms. The molecule has 0 radical (unpaired) electrons. The van der Waals surface area contributed by atoms with Crippen LogP contribution >= 0.6 is 0 Å². The zero-order chi connectivity index (χ0) is 15.5. The average Bonchev–Trinajstić information content (AvgIpc) is 2.72. The molecule has 2 N–H and O–H groups in total. The minimum atomic E-state index is -3.83. The Labute approximate surface area is 123 Å². The predicted molar refractivity (Wildman–Crippen MR) is 76.2 cm³/mol. The van der Waals surface area contributed by atoms with Gasteiger partial charge in [0.15, 0.2) is 0 Å². The third-order valence-electron chi connectivity index (χ3n) is 2.85. The van der Waals surface area contributed by atoms with Gasteiger partial charge in [0.05, 0.1) is 12.4 Å². The van der Waals surface area contributed by atoms with Crippen molar-refractivity contribution in [3.63, 3.8) is 0 Å².